The maximum absolute atomic E-state index is 12.8. The standard InChI is InChI=1S/C16H23N5O2/c1-9-6-13-14(11(3)23-9)18-19-15(13)16(22)20(4)8-12-7-17-21(5)10(12)2/h7,9,11H,6,8H2,1-5H3,(H,18,19)/t9-,11+/m1/s1. The molecule has 124 valence electrons. The SMILES string of the molecule is Cc1c(CN(C)C(=O)c2n[nH]c3c2C[C@@H](C)O[C@H]3C)cnn1C. The third-order valence-electron chi connectivity index (χ3n) is 4.53. The highest BCUT2D eigenvalue weighted by Gasteiger charge is 2.30. The van der Waals surface area contributed by atoms with Gasteiger partial charge in [0, 0.05) is 43.9 Å². The summed E-state index contributed by atoms with van der Waals surface area (Å²) in [5.74, 6) is -0.0768. The van der Waals surface area contributed by atoms with Crippen LogP contribution >= 0.6 is 0 Å². The zero-order valence-corrected chi connectivity index (χ0v) is 14.3. The molecular formula is C16H23N5O2. The Kier molecular flexibility index (Phi) is 3.97. The molecule has 0 saturated carbocycles. The Labute approximate surface area is 135 Å². The van der Waals surface area contributed by atoms with Gasteiger partial charge in [-0.25, -0.2) is 0 Å². The lowest BCUT2D eigenvalue weighted by atomic mass is 9.99. The molecule has 3 rings (SSSR count). The van der Waals surface area contributed by atoms with Crippen LogP contribution in [0.25, 0.3) is 0 Å². The van der Waals surface area contributed by atoms with Crippen molar-refractivity contribution >= 4 is 5.91 Å². The molecule has 0 saturated heterocycles. The summed E-state index contributed by atoms with van der Waals surface area (Å²) in [7, 11) is 3.69. The van der Waals surface area contributed by atoms with Crippen molar-refractivity contribution in [3.05, 3.63) is 34.4 Å². The third-order valence-corrected chi connectivity index (χ3v) is 4.53. The summed E-state index contributed by atoms with van der Waals surface area (Å²) in [5.41, 5.74) is 4.50. The average molecular weight is 317 g/mol. The smallest absolute Gasteiger partial charge is 0.274 e. The van der Waals surface area contributed by atoms with Crippen LogP contribution in [0.3, 0.4) is 0 Å². The van der Waals surface area contributed by atoms with E-state index in [-0.39, 0.29) is 18.1 Å². The maximum Gasteiger partial charge on any atom is 0.274 e. The normalized spacial score (nSPS) is 20.4. The molecule has 7 heteroatoms. The summed E-state index contributed by atoms with van der Waals surface area (Å²) in [6.07, 6.45) is 2.54. The molecule has 0 unspecified atom stereocenters. The summed E-state index contributed by atoms with van der Waals surface area (Å²) in [4.78, 5) is 14.5. The number of fused-ring (bicyclic) bond motifs is 1. The largest absolute Gasteiger partial charge is 0.369 e. The monoisotopic (exact) mass is 317 g/mol. The zero-order chi connectivity index (χ0) is 16.7. The van der Waals surface area contributed by atoms with Gasteiger partial charge in [-0.3, -0.25) is 14.6 Å². The molecule has 1 N–H and O–H groups in total. The molecule has 0 bridgehead atoms. The Morgan fingerprint density at radius 3 is 2.91 bits per heavy atom. The van der Waals surface area contributed by atoms with Crippen LogP contribution in [0.4, 0.5) is 0 Å². The number of aromatic nitrogens is 4. The molecule has 23 heavy (non-hydrogen) atoms. The Bertz CT molecular complexity index is 733. The van der Waals surface area contributed by atoms with Crippen LogP contribution in [0.15, 0.2) is 6.20 Å². The van der Waals surface area contributed by atoms with Crippen molar-refractivity contribution in [2.45, 2.75) is 45.9 Å². The lowest BCUT2D eigenvalue weighted by Gasteiger charge is -2.25. The van der Waals surface area contributed by atoms with Crippen molar-refractivity contribution < 1.29 is 9.53 Å². The summed E-state index contributed by atoms with van der Waals surface area (Å²) in [5, 5.41) is 11.5. The van der Waals surface area contributed by atoms with E-state index in [1.165, 1.54) is 0 Å². The number of carbonyl (C=O) groups excluding carboxylic acids is 1. The van der Waals surface area contributed by atoms with E-state index in [9.17, 15) is 4.79 Å². The minimum atomic E-state index is -0.0768. The number of hydrogen-bond acceptors (Lipinski definition) is 4. The molecular weight excluding hydrogens is 294 g/mol. The number of carbonyl (C=O) groups is 1. The van der Waals surface area contributed by atoms with Crippen LogP contribution in [0.2, 0.25) is 0 Å². The van der Waals surface area contributed by atoms with Gasteiger partial charge in [0.05, 0.1) is 24.1 Å². The number of aryl methyl sites for hydroxylation is 1. The molecule has 1 aliphatic heterocycles. The second kappa shape index (κ2) is 5.81. The fourth-order valence-electron chi connectivity index (χ4n) is 3.06. The minimum Gasteiger partial charge on any atom is -0.369 e. The van der Waals surface area contributed by atoms with Gasteiger partial charge in [0.25, 0.3) is 5.91 Å². The molecule has 1 aliphatic rings. The fourth-order valence-corrected chi connectivity index (χ4v) is 3.06. The highest BCUT2D eigenvalue weighted by Crippen LogP contribution is 2.30. The van der Waals surface area contributed by atoms with Gasteiger partial charge in [-0.15, -0.1) is 0 Å². The first kappa shape index (κ1) is 15.7. The lowest BCUT2D eigenvalue weighted by Crippen LogP contribution is -2.29. The van der Waals surface area contributed by atoms with Gasteiger partial charge in [-0.1, -0.05) is 0 Å². The summed E-state index contributed by atoms with van der Waals surface area (Å²) in [6.45, 7) is 6.51. The van der Waals surface area contributed by atoms with Crippen molar-refractivity contribution in [3.63, 3.8) is 0 Å². The van der Waals surface area contributed by atoms with Crippen LogP contribution in [0.1, 0.15) is 53.0 Å². The van der Waals surface area contributed by atoms with Crippen LogP contribution < -0.4 is 0 Å². The number of nitrogens with zero attached hydrogens (tertiary/aromatic N) is 4. The quantitative estimate of drug-likeness (QED) is 0.935. The van der Waals surface area contributed by atoms with Gasteiger partial charge in [-0.2, -0.15) is 10.2 Å². The van der Waals surface area contributed by atoms with E-state index in [1.807, 2.05) is 32.5 Å². The van der Waals surface area contributed by atoms with E-state index in [1.54, 1.807) is 18.1 Å². The second-order valence-electron chi connectivity index (χ2n) is 6.30. The van der Waals surface area contributed by atoms with Crippen molar-refractivity contribution in [2.75, 3.05) is 7.05 Å². The van der Waals surface area contributed by atoms with Gasteiger partial charge in [0.15, 0.2) is 5.69 Å². The van der Waals surface area contributed by atoms with Crippen molar-refractivity contribution in [3.8, 4) is 0 Å². The van der Waals surface area contributed by atoms with Crippen LogP contribution in [0, 0.1) is 6.92 Å². The first-order valence-electron chi connectivity index (χ1n) is 7.84. The second-order valence-corrected chi connectivity index (χ2v) is 6.30. The highest BCUT2D eigenvalue weighted by atomic mass is 16.5. The Morgan fingerprint density at radius 2 is 2.26 bits per heavy atom. The number of nitrogens with one attached hydrogen (secondary N) is 1. The summed E-state index contributed by atoms with van der Waals surface area (Å²) >= 11 is 0. The van der Waals surface area contributed by atoms with Crippen molar-refractivity contribution in [1.29, 1.82) is 0 Å². The summed E-state index contributed by atoms with van der Waals surface area (Å²) < 4.78 is 7.58. The van der Waals surface area contributed by atoms with Crippen molar-refractivity contribution in [1.82, 2.24) is 24.9 Å². The Morgan fingerprint density at radius 1 is 1.52 bits per heavy atom. The van der Waals surface area contributed by atoms with Gasteiger partial charge in [0.2, 0.25) is 0 Å². The average Bonchev–Trinajstić information content (AvgIpc) is 3.05. The lowest BCUT2D eigenvalue weighted by molar-refractivity contribution is -0.00701. The van der Waals surface area contributed by atoms with E-state index < -0.39 is 0 Å². The van der Waals surface area contributed by atoms with Gasteiger partial charge in [0.1, 0.15) is 0 Å². The van der Waals surface area contributed by atoms with Gasteiger partial charge >= 0.3 is 0 Å². The van der Waals surface area contributed by atoms with E-state index in [2.05, 4.69) is 15.3 Å². The van der Waals surface area contributed by atoms with Gasteiger partial charge in [-0.05, 0) is 20.8 Å². The van der Waals surface area contributed by atoms with E-state index in [4.69, 9.17) is 4.74 Å². The molecule has 2 aromatic rings. The van der Waals surface area contributed by atoms with Crippen LogP contribution in [-0.2, 0) is 24.8 Å². The first-order valence-corrected chi connectivity index (χ1v) is 7.84. The Hall–Kier alpha value is -2.15. The molecule has 1 amide bonds. The number of H-pyrrole nitrogens is 1. The molecule has 0 aliphatic carbocycles. The number of amides is 1. The number of aromatic amines is 1. The zero-order valence-electron chi connectivity index (χ0n) is 14.3. The van der Waals surface area contributed by atoms with Gasteiger partial charge < -0.3 is 9.64 Å². The maximum atomic E-state index is 12.8. The fraction of sp³-hybridized carbons (Fsp3) is 0.562. The Balaban J connectivity index is 1.82. The van der Waals surface area contributed by atoms with E-state index in [0.29, 0.717) is 18.7 Å². The highest BCUT2D eigenvalue weighted by molar-refractivity contribution is 5.94. The number of hydrogen-bond donors (Lipinski definition) is 1. The molecule has 0 spiro atoms. The van der Waals surface area contributed by atoms with Crippen LogP contribution in [0.5, 0.6) is 0 Å². The van der Waals surface area contributed by atoms with Crippen LogP contribution in [-0.4, -0.2) is 43.9 Å². The molecule has 0 fully saturated rings. The first-order chi connectivity index (χ1) is 10.9. The predicted octanol–water partition coefficient (Wildman–Crippen LogP) is 1.75. The molecule has 0 aromatic carbocycles. The predicted molar refractivity (Wildman–Crippen MR) is 85.0 cm³/mol. The number of ether oxygens (including phenoxy) is 1. The van der Waals surface area contributed by atoms with E-state index >= 15 is 0 Å². The minimum absolute atomic E-state index is 0.0614. The molecule has 3 heterocycles. The third kappa shape index (κ3) is 2.76. The molecule has 7 nitrogen and oxygen atoms in total. The molecule has 2 atom stereocenters. The van der Waals surface area contributed by atoms with Crippen molar-refractivity contribution in [2.24, 2.45) is 7.05 Å². The summed E-state index contributed by atoms with van der Waals surface area (Å²) in [6, 6.07) is 0. The molecule has 0 radical (unpaired) electrons. The topological polar surface area (TPSA) is 76.0 Å². The van der Waals surface area contributed by atoms with E-state index in [0.717, 1.165) is 22.5 Å². The number of rotatable bonds is 3. The molecule has 2 aromatic heterocycles.